The van der Waals surface area contributed by atoms with Crippen molar-refractivity contribution in [1.82, 2.24) is 5.32 Å². The highest BCUT2D eigenvalue weighted by atomic mass is 16.5. The highest BCUT2D eigenvalue weighted by Gasteiger charge is 2.17. The minimum atomic E-state index is -0.203. The minimum absolute atomic E-state index is 0.0498. The Morgan fingerprint density at radius 3 is 2.44 bits per heavy atom. The SMILES string of the molecule is COc1cccc(C(CN=[N+]=[N-])NC(CCc2ccccc2)CN=[N+]=[N-])c1. The summed E-state index contributed by atoms with van der Waals surface area (Å²) in [5, 5.41) is 10.9. The third-order valence-electron chi connectivity index (χ3n) is 4.25. The van der Waals surface area contributed by atoms with Crippen LogP contribution in [0.25, 0.3) is 20.9 Å². The number of aryl methyl sites for hydroxylation is 1. The van der Waals surface area contributed by atoms with E-state index in [1.54, 1.807) is 7.11 Å². The smallest absolute Gasteiger partial charge is 0.119 e. The van der Waals surface area contributed by atoms with Gasteiger partial charge < -0.3 is 10.1 Å². The minimum Gasteiger partial charge on any atom is -0.497 e. The van der Waals surface area contributed by atoms with Crippen LogP contribution in [0.1, 0.15) is 23.6 Å². The Morgan fingerprint density at radius 1 is 1.00 bits per heavy atom. The van der Waals surface area contributed by atoms with E-state index in [4.69, 9.17) is 15.8 Å². The molecule has 0 aliphatic heterocycles. The first kappa shape index (κ1) is 20.1. The fraction of sp³-hybridized carbons (Fsp3) is 0.368. The lowest BCUT2D eigenvalue weighted by molar-refractivity contribution is 0.406. The maximum absolute atomic E-state index is 8.73. The van der Waals surface area contributed by atoms with E-state index in [0.717, 1.165) is 24.2 Å². The summed E-state index contributed by atoms with van der Waals surface area (Å²) in [5.41, 5.74) is 19.6. The molecule has 0 heterocycles. The lowest BCUT2D eigenvalue weighted by Crippen LogP contribution is -2.37. The molecule has 2 aromatic rings. The molecule has 140 valence electrons. The van der Waals surface area contributed by atoms with Crippen molar-refractivity contribution in [2.75, 3.05) is 20.2 Å². The quantitative estimate of drug-likeness (QED) is 0.344. The van der Waals surface area contributed by atoms with E-state index in [0.29, 0.717) is 6.54 Å². The van der Waals surface area contributed by atoms with Gasteiger partial charge in [0.15, 0.2) is 0 Å². The monoisotopic (exact) mass is 365 g/mol. The highest BCUT2D eigenvalue weighted by Crippen LogP contribution is 2.21. The first-order valence-corrected chi connectivity index (χ1v) is 8.72. The highest BCUT2D eigenvalue weighted by molar-refractivity contribution is 5.31. The predicted octanol–water partition coefficient (Wildman–Crippen LogP) is 4.95. The number of benzene rings is 2. The van der Waals surface area contributed by atoms with Gasteiger partial charge in [0, 0.05) is 35.0 Å². The summed E-state index contributed by atoms with van der Waals surface area (Å²) in [4.78, 5) is 5.76. The van der Waals surface area contributed by atoms with Gasteiger partial charge in [-0.05, 0) is 47.2 Å². The molecule has 0 aliphatic rings. The van der Waals surface area contributed by atoms with Gasteiger partial charge in [0.05, 0.1) is 7.11 Å². The molecule has 0 saturated carbocycles. The van der Waals surface area contributed by atoms with Gasteiger partial charge in [0.1, 0.15) is 5.75 Å². The number of ether oxygens (including phenoxy) is 1. The lowest BCUT2D eigenvalue weighted by Gasteiger charge is -2.24. The van der Waals surface area contributed by atoms with Crippen molar-refractivity contribution in [1.29, 1.82) is 0 Å². The van der Waals surface area contributed by atoms with E-state index in [1.807, 2.05) is 42.5 Å². The molecule has 1 N–H and O–H groups in total. The van der Waals surface area contributed by atoms with E-state index < -0.39 is 0 Å². The van der Waals surface area contributed by atoms with Crippen molar-refractivity contribution in [3.63, 3.8) is 0 Å². The van der Waals surface area contributed by atoms with Crippen molar-refractivity contribution in [2.45, 2.75) is 24.9 Å². The second-order valence-corrected chi connectivity index (χ2v) is 6.04. The Hall–Kier alpha value is -3.18. The first-order valence-electron chi connectivity index (χ1n) is 8.72. The Labute approximate surface area is 158 Å². The molecule has 0 aliphatic carbocycles. The number of rotatable bonds is 11. The van der Waals surface area contributed by atoms with Gasteiger partial charge >= 0.3 is 0 Å². The van der Waals surface area contributed by atoms with Crippen molar-refractivity contribution in [2.24, 2.45) is 10.2 Å². The average Bonchev–Trinajstić information content (AvgIpc) is 2.73. The standard InChI is InChI=1S/C19H23N7O/c1-27-18-9-5-8-16(12-18)19(14-23-26-21)24-17(13-22-25-20)11-10-15-6-3-2-4-7-15/h2-9,12,17,19,24H,10-11,13-14H2,1H3. The molecule has 0 amide bonds. The summed E-state index contributed by atoms with van der Waals surface area (Å²) in [5.74, 6) is 0.733. The fourth-order valence-electron chi connectivity index (χ4n) is 2.86. The summed E-state index contributed by atoms with van der Waals surface area (Å²) in [6.45, 7) is 0.571. The van der Waals surface area contributed by atoms with Crippen molar-refractivity contribution in [3.8, 4) is 5.75 Å². The Morgan fingerprint density at radius 2 is 1.74 bits per heavy atom. The van der Waals surface area contributed by atoms with Crippen LogP contribution < -0.4 is 10.1 Å². The molecule has 0 radical (unpaired) electrons. The molecule has 0 spiro atoms. The van der Waals surface area contributed by atoms with Crippen LogP contribution >= 0.6 is 0 Å². The van der Waals surface area contributed by atoms with Crippen LogP contribution in [0.5, 0.6) is 5.75 Å². The molecule has 2 rings (SSSR count). The molecule has 0 fully saturated rings. The van der Waals surface area contributed by atoms with E-state index in [-0.39, 0.29) is 18.6 Å². The van der Waals surface area contributed by atoms with Gasteiger partial charge in [0.2, 0.25) is 0 Å². The zero-order chi connectivity index (χ0) is 19.3. The second kappa shape index (κ2) is 11.4. The van der Waals surface area contributed by atoms with Gasteiger partial charge in [-0.2, -0.15) is 0 Å². The summed E-state index contributed by atoms with van der Waals surface area (Å²) in [6, 6.07) is 17.5. The third-order valence-corrected chi connectivity index (χ3v) is 4.25. The molecule has 2 aromatic carbocycles. The summed E-state index contributed by atoms with van der Waals surface area (Å²) >= 11 is 0. The van der Waals surface area contributed by atoms with Crippen LogP contribution in [0.4, 0.5) is 0 Å². The van der Waals surface area contributed by atoms with Crippen LogP contribution in [0, 0.1) is 0 Å². The predicted molar refractivity (Wildman–Crippen MR) is 105 cm³/mol. The average molecular weight is 365 g/mol. The maximum atomic E-state index is 8.73. The number of hydrogen-bond acceptors (Lipinski definition) is 4. The van der Waals surface area contributed by atoms with Gasteiger partial charge in [-0.3, -0.25) is 0 Å². The lowest BCUT2D eigenvalue weighted by atomic mass is 10.0. The topological polar surface area (TPSA) is 119 Å². The van der Waals surface area contributed by atoms with E-state index in [9.17, 15) is 0 Å². The summed E-state index contributed by atoms with van der Waals surface area (Å²) < 4.78 is 5.29. The van der Waals surface area contributed by atoms with Crippen LogP contribution in [0.3, 0.4) is 0 Å². The zero-order valence-corrected chi connectivity index (χ0v) is 15.3. The van der Waals surface area contributed by atoms with Gasteiger partial charge in [-0.15, -0.1) is 0 Å². The first-order chi connectivity index (χ1) is 13.3. The largest absolute Gasteiger partial charge is 0.497 e. The number of nitrogens with zero attached hydrogens (tertiary/aromatic N) is 6. The van der Waals surface area contributed by atoms with Crippen molar-refractivity contribution in [3.05, 3.63) is 86.6 Å². The van der Waals surface area contributed by atoms with E-state index >= 15 is 0 Å². The number of methoxy groups -OCH3 is 1. The number of hydrogen-bond donors (Lipinski definition) is 1. The molecule has 0 aromatic heterocycles. The maximum Gasteiger partial charge on any atom is 0.119 e. The third kappa shape index (κ3) is 6.92. The van der Waals surface area contributed by atoms with Crippen LogP contribution in [0.2, 0.25) is 0 Å². The fourth-order valence-corrected chi connectivity index (χ4v) is 2.86. The number of nitrogens with one attached hydrogen (secondary N) is 1. The molecule has 27 heavy (non-hydrogen) atoms. The number of azide groups is 2. The molecule has 2 unspecified atom stereocenters. The Kier molecular flexibility index (Phi) is 8.53. The summed E-state index contributed by atoms with van der Waals surface area (Å²) in [6.07, 6.45) is 1.64. The zero-order valence-electron chi connectivity index (χ0n) is 15.3. The Bertz CT molecular complexity index is 799. The van der Waals surface area contributed by atoms with Gasteiger partial charge in [-0.1, -0.05) is 52.7 Å². The Balaban J connectivity index is 2.14. The molecule has 8 nitrogen and oxygen atoms in total. The molecule has 0 bridgehead atoms. The van der Waals surface area contributed by atoms with Crippen molar-refractivity contribution < 1.29 is 4.74 Å². The molecule has 8 heteroatoms. The van der Waals surface area contributed by atoms with Gasteiger partial charge in [-0.25, -0.2) is 0 Å². The van der Waals surface area contributed by atoms with E-state index in [1.165, 1.54) is 5.56 Å². The summed E-state index contributed by atoms with van der Waals surface area (Å²) in [7, 11) is 1.61. The van der Waals surface area contributed by atoms with Gasteiger partial charge in [0.25, 0.3) is 0 Å². The second-order valence-electron chi connectivity index (χ2n) is 6.04. The molecule has 0 saturated heterocycles. The molecular weight excluding hydrogens is 342 g/mol. The van der Waals surface area contributed by atoms with Crippen LogP contribution in [-0.2, 0) is 6.42 Å². The van der Waals surface area contributed by atoms with Crippen LogP contribution in [0.15, 0.2) is 64.8 Å². The van der Waals surface area contributed by atoms with Crippen LogP contribution in [-0.4, -0.2) is 26.2 Å². The molecular formula is C19H23N7O. The molecule has 2 atom stereocenters. The normalized spacial score (nSPS) is 12.3. The van der Waals surface area contributed by atoms with Crippen molar-refractivity contribution >= 4 is 0 Å². The van der Waals surface area contributed by atoms with E-state index in [2.05, 4.69) is 37.5 Å².